The third kappa shape index (κ3) is 5.00. The number of nitrogens with one attached hydrogen (secondary N) is 1. The summed E-state index contributed by atoms with van der Waals surface area (Å²) >= 11 is 6.51. The molecule has 0 spiro atoms. The van der Waals surface area contributed by atoms with Crippen molar-refractivity contribution in [1.82, 2.24) is 24.2 Å². The van der Waals surface area contributed by atoms with Crippen LogP contribution in [0.1, 0.15) is 31.6 Å². The second kappa shape index (κ2) is 9.52. The summed E-state index contributed by atoms with van der Waals surface area (Å²) < 4.78 is 31.5. The van der Waals surface area contributed by atoms with Gasteiger partial charge in [0, 0.05) is 18.5 Å². The molecule has 1 aliphatic heterocycles. The van der Waals surface area contributed by atoms with Crippen molar-refractivity contribution in [3.8, 4) is 5.88 Å². The molecule has 0 amide bonds. The van der Waals surface area contributed by atoms with Gasteiger partial charge in [0.2, 0.25) is 15.9 Å². The second-order valence-corrected chi connectivity index (χ2v) is 11.0. The third-order valence-electron chi connectivity index (χ3n) is 6.09. The maximum Gasteiger partial charge on any atom is 0.226 e. The Morgan fingerprint density at radius 3 is 2.57 bits per heavy atom. The Hall–Kier alpha value is -3.08. The van der Waals surface area contributed by atoms with Crippen LogP contribution in [0.3, 0.4) is 0 Å². The predicted molar refractivity (Wildman–Crippen MR) is 136 cm³/mol. The lowest BCUT2D eigenvalue weighted by atomic mass is 10.1. The molecule has 9 nitrogen and oxygen atoms in total. The minimum Gasteiger partial charge on any atom is -0.474 e. The Morgan fingerprint density at radius 1 is 1.06 bits per heavy atom. The molecule has 4 aromatic rings. The van der Waals surface area contributed by atoms with Crippen LogP contribution in [-0.4, -0.2) is 58.1 Å². The van der Waals surface area contributed by atoms with Crippen LogP contribution in [0.2, 0.25) is 5.02 Å². The molecule has 1 atom stereocenters. The lowest BCUT2D eigenvalue weighted by molar-refractivity contribution is 0.131. The van der Waals surface area contributed by atoms with E-state index in [2.05, 4.69) is 15.3 Å². The van der Waals surface area contributed by atoms with Gasteiger partial charge >= 0.3 is 0 Å². The molecule has 5 rings (SSSR count). The number of anilines is 1. The van der Waals surface area contributed by atoms with E-state index < -0.39 is 10.0 Å². The molecule has 0 saturated carbocycles. The summed E-state index contributed by atoms with van der Waals surface area (Å²) in [4.78, 5) is 18.2. The van der Waals surface area contributed by atoms with Crippen LogP contribution in [0.15, 0.2) is 48.8 Å². The van der Waals surface area contributed by atoms with E-state index in [0.717, 1.165) is 10.9 Å². The fourth-order valence-electron chi connectivity index (χ4n) is 4.23. The fraction of sp³-hybridized carbons (Fsp3) is 0.333. The van der Waals surface area contributed by atoms with Crippen LogP contribution in [0.5, 0.6) is 5.88 Å². The number of nitrogens with zero attached hydrogens (tertiary/aromatic N) is 5. The van der Waals surface area contributed by atoms with Crippen molar-refractivity contribution < 1.29 is 13.2 Å². The van der Waals surface area contributed by atoms with Gasteiger partial charge in [0.25, 0.3) is 0 Å². The number of para-hydroxylation sites is 1. The van der Waals surface area contributed by atoms with Crippen LogP contribution in [0, 0.1) is 0 Å². The lowest BCUT2D eigenvalue weighted by Crippen LogP contribution is -2.41. The van der Waals surface area contributed by atoms with Gasteiger partial charge in [-0.3, -0.25) is 0 Å². The average Bonchev–Trinajstić information content (AvgIpc) is 2.84. The summed E-state index contributed by atoms with van der Waals surface area (Å²) in [6, 6.07) is 13.0. The van der Waals surface area contributed by atoms with Crippen molar-refractivity contribution in [2.24, 2.45) is 0 Å². The van der Waals surface area contributed by atoms with Gasteiger partial charge in [0.05, 0.1) is 33.7 Å². The molecule has 35 heavy (non-hydrogen) atoms. The largest absolute Gasteiger partial charge is 0.474 e. The van der Waals surface area contributed by atoms with Crippen LogP contribution < -0.4 is 10.1 Å². The first-order valence-electron chi connectivity index (χ1n) is 11.3. The molecule has 1 aliphatic rings. The summed E-state index contributed by atoms with van der Waals surface area (Å²) in [6.45, 7) is 2.77. The van der Waals surface area contributed by atoms with Gasteiger partial charge in [-0.15, -0.1) is 0 Å². The van der Waals surface area contributed by atoms with Gasteiger partial charge in [-0.05, 0) is 44.0 Å². The van der Waals surface area contributed by atoms with Crippen LogP contribution in [0.25, 0.3) is 21.8 Å². The summed E-state index contributed by atoms with van der Waals surface area (Å²) in [5.41, 5.74) is 1.51. The molecule has 11 heteroatoms. The Labute approximate surface area is 208 Å². The zero-order chi connectivity index (χ0) is 24.6. The summed E-state index contributed by atoms with van der Waals surface area (Å²) in [6.07, 6.45) is 3.71. The summed E-state index contributed by atoms with van der Waals surface area (Å²) in [5, 5.41) is 5.44. The van der Waals surface area contributed by atoms with E-state index in [1.165, 1.54) is 16.9 Å². The van der Waals surface area contributed by atoms with Crippen molar-refractivity contribution in [2.75, 3.05) is 24.7 Å². The normalized spacial score (nSPS) is 16.4. The number of halogens is 1. The summed E-state index contributed by atoms with van der Waals surface area (Å²) in [7, 11) is -3.21. The van der Waals surface area contributed by atoms with E-state index in [-0.39, 0.29) is 12.1 Å². The highest BCUT2D eigenvalue weighted by molar-refractivity contribution is 7.88. The number of benzene rings is 2. The van der Waals surface area contributed by atoms with Gasteiger partial charge in [-0.2, -0.15) is 4.98 Å². The predicted octanol–water partition coefficient (Wildman–Crippen LogP) is 4.20. The highest BCUT2D eigenvalue weighted by Crippen LogP contribution is 2.33. The van der Waals surface area contributed by atoms with Crippen molar-refractivity contribution in [1.29, 1.82) is 0 Å². The number of aromatic nitrogens is 4. The Bertz CT molecular complexity index is 1490. The molecule has 0 aliphatic carbocycles. The zero-order valence-corrected chi connectivity index (χ0v) is 20.9. The standard InChI is InChI=1S/C24H25ClN6O3S/c1-15(28-23-17-6-3-4-8-19(17)26-14-27-23)22-29-20-9-5-7-18(25)21(20)24(30-22)34-16-10-12-31(13-11-16)35(2,32)33/h3-9,14-16H,10-13H2,1-2H3,(H,26,27,28). The maximum atomic E-state index is 11.9. The van der Waals surface area contributed by atoms with E-state index in [1.54, 1.807) is 6.07 Å². The SMILES string of the molecule is CC(Nc1ncnc2ccccc12)c1nc(OC2CCN(S(C)(=O)=O)CC2)c2c(Cl)cccc2n1. The van der Waals surface area contributed by atoms with E-state index in [4.69, 9.17) is 26.3 Å². The Morgan fingerprint density at radius 2 is 1.80 bits per heavy atom. The first-order valence-corrected chi connectivity index (χ1v) is 13.6. The first-order chi connectivity index (χ1) is 16.8. The molecule has 1 unspecified atom stereocenters. The molecule has 1 saturated heterocycles. The number of rotatable bonds is 6. The van der Waals surface area contributed by atoms with Crippen molar-refractivity contribution in [3.05, 3.63) is 59.6 Å². The topological polar surface area (TPSA) is 110 Å². The molecular weight excluding hydrogens is 488 g/mol. The number of hydrogen-bond acceptors (Lipinski definition) is 8. The van der Waals surface area contributed by atoms with E-state index in [1.807, 2.05) is 43.3 Å². The molecule has 1 fully saturated rings. The van der Waals surface area contributed by atoms with Gasteiger partial charge < -0.3 is 10.1 Å². The molecule has 2 aromatic carbocycles. The van der Waals surface area contributed by atoms with Crippen LogP contribution >= 0.6 is 11.6 Å². The monoisotopic (exact) mass is 512 g/mol. The lowest BCUT2D eigenvalue weighted by Gasteiger charge is -2.30. The van der Waals surface area contributed by atoms with Crippen LogP contribution in [0.4, 0.5) is 5.82 Å². The van der Waals surface area contributed by atoms with Crippen molar-refractivity contribution in [3.63, 3.8) is 0 Å². The van der Waals surface area contributed by atoms with Crippen molar-refractivity contribution >= 4 is 49.2 Å². The van der Waals surface area contributed by atoms with Crippen molar-refractivity contribution in [2.45, 2.75) is 31.9 Å². The molecular formula is C24H25ClN6O3S. The highest BCUT2D eigenvalue weighted by Gasteiger charge is 2.27. The molecule has 182 valence electrons. The zero-order valence-electron chi connectivity index (χ0n) is 19.3. The number of ether oxygens (including phenoxy) is 1. The second-order valence-electron chi connectivity index (χ2n) is 8.61. The Balaban J connectivity index is 1.45. The number of piperidine rings is 1. The van der Waals surface area contributed by atoms with Crippen LogP contribution in [-0.2, 0) is 10.0 Å². The van der Waals surface area contributed by atoms with Gasteiger partial charge in [0.15, 0.2) is 5.82 Å². The van der Waals surface area contributed by atoms with Gasteiger partial charge in [-0.1, -0.05) is 29.8 Å². The van der Waals surface area contributed by atoms with Gasteiger partial charge in [0.1, 0.15) is 18.2 Å². The number of fused-ring (bicyclic) bond motifs is 2. The maximum absolute atomic E-state index is 11.9. The fourth-order valence-corrected chi connectivity index (χ4v) is 5.36. The van der Waals surface area contributed by atoms with E-state index in [9.17, 15) is 8.42 Å². The number of hydrogen-bond donors (Lipinski definition) is 1. The van der Waals surface area contributed by atoms with E-state index >= 15 is 0 Å². The smallest absolute Gasteiger partial charge is 0.226 e. The quantitative estimate of drug-likeness (QED) is 0.409. The molecule has 0 bridgehead atoms. The molecule has 0 radical (unpaired) electrons. The Kier molecular flexibility index (Phi) is 6.43. The molecule has 2 aromatic heterocycles. The molecule has 3 heterocycles. The van der Waals surface area contributed by atoms with Gasteiger partial charge in [-0.25, -0.2) is 27.7 Å². The number of sulfonamides is 1. The minimum absolute atomic E-state index is 0.177. The van der Waals surface area contributed by atoms with E-state index in [0.29, 0.717) is 59.4 Å². The average molecular weight is 513 g/mol. The molecule has 1 N–H and O–H groups in total. The summed E-state index contributed by atoms with van der Waals surface area (Å²) in [5.74, 6) is 1.62. The third-order valence-corrected chi connectivity index (χ3v) is 7.71. The minimum atomic E-state index is -3.21. The highest BCUT2D eigenvalue weighted by atomic mass is 35.5. The first kappa shape index (κ1) is 23.7.